The van der Waals surface area contributed by atoms with E-state index in [0.29, 0.717) is 17.0 Å². The molecule has 0 saturated heterocycles. The Morgan fingerprint density at radius 1 is 1.35 bits per heavy atom. The third-order valence-electron chi connectivity index (χ3n) is 2.85. The molecule has 6 nitrogen and oxygen atoms in total. The van der Waals surface area contributed by atoms with Crippen LogP contribution in [0.25, 0.3) is 11.3 Å². The molecule has 6 heteroatoms. The summed E-state index contributed by atoms with van der Waals surface area (Å²) >= 11 is 0. The first-order chi connectivity index (χ1) is 9.34. The normalized spacial score (nSPS) is 11.4. The molecule has 0 amide bonds. The predicted octanol–water partition coefficient (Wildman–Crippen LogP) is 2.41. The van der Waals surface area contributed by atoms with E-state index in [4.69, 9.17) is 4.74 Å². The molecule has 106 valence electrons. The van der Waals surface area contributed by atoms with Crippen LogP contribution in [0, 0.1) is 0 Å². The Kier molecular flexibility index (Phi) is 3.48. The molecule has 2 rings (SSSR count). The molecule has 0 bridgehead atoms. The first kappa shape index (κ1) is 14.0. The number of nitrogens with zero attached hydrogens (tertiary/aromatic N) is 3. The summed E-state index contributed by atoms with van der Waals surface area (Å²) in [6, 6.07) is 7.19. The highest BCUT2D eigenvalue weighted by molar-refractivity contribution is 5.92. The highest BCUT2D eigenvalue weighted by Crippen LogP contribution is 2.29. The standard InChI is InChI=1S/C14H17N3O3/c1-14(2,3)17-12(11(13(18)19)15-16-17)9-6-5-7-10(8-9)20-4/h5-8H,1-4H3,(H,18,19). The van der Waals surface area contributed by atoms with Gasteiger partial charge in [-0.15, -0.1) is 5.10 Å². The quantitative estimate of drug-likeness (QED) is 0.930. The fourth-order valence-electron chi connectivity index (χ4n) is 1.92. The van der Waals surface area contributed by atoms with Crippen molar-refractivity contribution in [3.63, 3.8) is 0 Å². The third kappa shape index (κ3) is 2.49. The smallest absolute Gasteiger partial charge is 0.358 e. The van der Waals surface area contributed by atoms with E-state index in [9.17, 15) is 9.90 Å². The van der Waals surface area contributed by atoms with Gasteiger partial charge in [0.1, 0.15) is 11.4 Å². The number of benzene rings is 1. The molecule has 1 aromatic heterocycles. The SMILES string of the molecule is COc1cccc(-c2c(C(=O)O)nnn2C(C)(C)C)c1. The van der Waals surface area contributed by atoms with E-state index in [0.717, 1.165) is 0 Å². The number of methoxy groups -OCH3 is 1. The molecular weight excluding hydrogens is 258 g/mol. The van der Waals surface area contributed by atoms with E-state index in [1.54, 1.807) is 30.0 Å². The highest BCUT2D eigenvalue weighted by atomic mass is 16.5. The number of carbonyl (C=O) groups is 1. The molecule has 0 radical (unpaired) electrons. The Hall–Kier alpha value is -2.37. The molecule has 0 atom stereocenters. The van der Waals surface area contributed by atoms with Crippen molar-refractivity contribution in [2.24, 2.45) is 0 Å². The van der Waals surface area contributed by atoms with E-state index in [-0.39, 0.29) is 11.2 Å². The van der Waals surface area contributed by atoms with Crippen LogP contribution in [0.1, 0.15) is 31.3 Å². The second-order valence-corrected chi connectivity index (χ2v) is 5.41. The molecule has 0 fully saturated rings. The average molecular weight is 275 g/mol. The fraction of sp³-hybridized carbons (Fsp3) is 0.357. The Labute approximate surface area is 117 Å². The zero-order valence-corrected chi connectivity index (χ0v) is 11.9. The van der Waals surface area contributed by atoms with Crippen LogP contribution in [0.5, 0.6) is 5.75 Å². The van der Waals surface area contributed by atoms with Crippen LogP contribution in [-0.2, 0) is 5.54 Å². The summed E-state index contributed by atoms with van der Waals surface area (Å²) < 4.78 is 6.80. The monoisotopic (exact) mass is 275 g/mol. The van der Waals surface area contributed by atoms with Gasteiger partial charge < -0.3 is 9.84 Å². The van der Waals surface area contributed by atoms with Crippen molar-refractivity contribution < 1.29 is 14.6 Å². The van der Waals surface area contributed by atoms with Gasteiger partial charge in [0.2, 0.25) is 0 Å². The van der Waals surface area contributed by atoms with Crippen molar-refractivity contribution in [3.05, 3.63) is 30.0 Å². The van der Waals surface area contributed by atoms with Crippen LogP contribution in [0.3, 0.4) is 0 Å². The fourth-order valence-corrected chi connectivity index (χ4v) is 1.92. The molecule has 0 spiro atoms. The number of hydrogen-bond donors (Lipinski definition) is 1. The van der Waals surface area contributed by atoms with Gasteiger partial charge in [-0.2, -0.15) is 0 Å². The van der Waals surface area contributed by atoms with Crippen molar-refractivity contribution in [1.29, 1.82) is 0 Å². The molecule has 1 heterocycles. The molecule has 0 aliphatic heterocycles. The number of aromatic carboxylic acids is 1. The van der Waals surface area contributed by atoms with E-state index in [2.05, 4.69) is 10.3 Å². The lowest BCUT2D eigenvalue weighted by molar-refractivity contribution is 0.0691. The van der Waals surface area contributed by atoms with Gasteiger partial charge in [0, 0.05) is 5.56 Å². The Balaban J connectivity index is 2.69. The second-order valence-electron chi connectivity index (χ2n) is 5.41. The topological polar surface area (TPSA) is 77.2 Å². The predicted molar refractivity (Wildman–Crippen MR) is 74.0 cm³/mol. The third-order valence-corrected chi connectivity index (χ3v) is 2.85. The van der Waals surface area contributed by atoms with Crippen LogP contribution >= 0.6 is 0 Å². The lowest BCUT2D eigenvalue weighted by atomic mass is 10.0. The summed E-state index contributed by atoms with van der Waals surface area (Å²) in [7, 11) is 1.57. The largest absolute Gasteiger partial charge is 0.497 e. The summed E-state index contributed by atoms with van der Waals surface area (Å²) in [6.07, 6.45) is 0. The molecule has 0 aliphatic rings. The first-order valence-corrected chi connectivity index (χ1v) is 6.18. The zero-order chi connectivity index (χ0) is 14.9. The van der Waals surface area contributed by atoms with E-state index in [1.807, 2.05) is 26.8 Å². The van der Waals surface area contributed by atoms with E-state index in [1.165, 1.54) is 0 Å². The number of hydrogen-bond acceptors (Lipinski definition) is 4. The molecular formula is C14H17N3O3. The minimum Gasteiger partial charge on any atom is -0.497 e. The Bertz CT molecular complexity index is 641. The van der Waals surface area contributed by atoms with Gasteiger partial charge in [-0.25, -0.2) is 9.48 Å². The van der Waals surface area contributed by atoms with Crippen molar-refractivity contribution in [2.75, 3.05) is 7.11 Å². The van der Waals surface area contributed by atoms with Gasteiger partial charge >= 0.3 is 5.97 Å². The summed E-state index contributed by atoms with van der Waals surface area (Å²) in [6.45, 7) is 5.82. The second kappa shape index (κ2) is 4.96. The maximum Gasteiger partial charge on any atom is 0.358 e. The summed E-state index contributed by atoms with van der Waals surface area (Å²) in [5.41, 5.74) is 0.748. The minimum absolute atomic E-state index is 0.0619. The van der Waals surface area contributed by atoms with Crippen molar-refractivity contribution in [1.82, 2.24) is 15.0 Å². The van der Waals surface area contributed by atoms with Crippen LogP contribution < -0.4 is 4.74 Å². The molecule has 2 aromatic rings. The molecule has 1 aromatic carbocycles. The number of ether oxygens (including phenoxy) is 1. The summed E-state index contributed by atoms with van der Waals surface area (Å²) in [5.74, 6) is -0.446. The minimum atomic E-state index is -1.10. The molecule has 1 N–H and O–H groups in total. The number of rotatable bonds is 3. The molecule has 20 heavy (non-hydrogen) atoms. The Morgan fingerprint density at radius 2 is 2.05 bits per heavy atom. The van der Waals surface area contributed by atoms with Crippen molar-refractivity contribution >= 4 is 5.97 Å². The lowest BCUT2D eigenvalue weighted by Crippen LogP contribution is -2.24. The van der Waals surface area contributed by atoms with Gasteiger partial charge in [0.25, 0.3) is 0 Å². The Morgan fingerprint density at radius 3 is 2.60 bits per heavy atom. The van der Waals surface area contributed by atoms with Crippen molar-refractivity contribution in [2.45, 2.75) is 26.3 Å². The first-order valence-electron chi connectivity index (χ1n) is 6.18. The van der Waals surface area contributed by atoms with Gasteiger partial charge in [-0.3, -0.25) is 0 Å². The molecule has 0 saturated carbocycles. The lowest BCUT2D eigenvalue weighted by Gasteiger charge is -2.21. The number of carboxylic acid groups (broad SMARTS) is 1. The van der Waals surface area contributed by atoms with Gasteiger partial charge in [-0.1, -0.05) is 17.3 Å². The zero-order valence-electron chi connectivity index (χ0n) is 11.9. The van der Waals surface area contributed by atoms with E-state index >= 15 is 0 Å². The average Bonchev–Trinajstić information content (AvgIpc) is 2.83. The molecule has 0 unspecified atom stereocenters. The maximum absolute atomic E-state index is 11.3. The maximum atomic E-state index is 11.3. The number of aromatic nitrogens is 3. The number of carboxylic acids is 1. The summed E-state index contributed by atoms with van der Waals surface area (Å²) in [4.78, 5) is 11.3. The van der Waals surface area contributed by atoms with Crippen LogP contribution in [-0.4, -0.2) is 33.2 Å². The van der Waals surface area contributed by atoms with Crippen LogP contribution in [0.2, 0.25) is 0 Å². The van der Waals surface area contributed by atoms with Crippen molar-refractivity contribution in [3.8, 4) is 17.0 Å². The molecule has 0 aliphatic carbocycles. The van der Waals surface area contributed by atoms with E-state index < -0.39 is 5.97 Å². The van der Waals surface area contributed by atoms with Gasteiger partial charge in [0.15, 0.2) is 5.69 Å². The van der Waals surface area contributed by atoms with Gasteiger partial charge in [0.05, 0.1) is 12.6 Å². The highest BCUT2D eigenvalue weighted by Gasteiger charge is 2.26. The van der Waals surface area contributed by atoms with Gasteiger partial charge in [-0.05, 0) is 32.9 Å². The summed E-state index contributed by atoms with van der Waals surface area (Å²) in [5, 5.41) is 17.1. The van der Waals surface area contributed by atoms with Crippen LogP contribution in [0.4, 0.5) is 0 Å². The van der Waals surface area contributed by atoms with Crippen LogP contribution in [0.15, 0.2) is 24.3 Å².